The summed E-state index contributed by atoms with van der Waals surface area (Å²) in [6.07, 6.45) is -5.98. The largest absolute Gasteiger partial charge is 0.463 e. The quantitative estimate of drug-likeness (QED) is 0.0516. The van der Waals surface area contributed by atoms with Crippen molar-refractivity contribution in [1.82, 2.24) is 9.88 Å². The Morgan fingerprint density at radius 3 is 2.48 bits per heavy atom. The van der Waals surface area contributed by atoms with Crippen LogP contribution in [-0.2, 0) is 36.6 Å². The van der Waals surface area contributed by atoms with Gasteiger partial charge in [0.05, 0.1) is 44.3 Å². The van der Waals surface area contributed by atoms with Gasteiger partial charge in [-0.05, 0) is 85.7 Å². The summed E-state index contributed by atoms with van der Waals surface area (Å²) in [7, 11) is 0. The zero-order valence-corrected chi connectivity index (χ0v) is 31.5. The molecule has 3 heterocycles. The third kappa shape index (κ3) is 11.5. The molecule has 3 aromatic rings. The maximum absolute atomic E-state index is 15.5. The normalized spacial score (nSPS) is 17.8. The number of alkyl halides is 3. The maximum Gasteiger partial charge on any atom is 0.410 e. The Morgan fingerprint density at radius 1 is 1.07 bits per heavy atom. The van der Waals surface area contributed by atoms with Crippen LogP contribution in [-0.4, -0.2) is 84.2 Å². The topological polar surface area (TPSA) is 162 Å². The molecule has 2 aliphatic heterocycles. The molecule has 0 aliphatic carbocycles. The van der Waals surface area contributed by atoms with Crippen LogP contribution in [0.2, 0.25) is 5.02 Å². The second kappa shape index (κ2) is 18.2. The minimum absolute atomic E-state index is 0.0216. The van der Waals surface area contributed by atoms with Crippen molar-refractivity contribution in [3.05, 3.63) is 98.4 Å². The van der Waals surface area contributed by atoms with Crippen LogP contribution >= 0.6 is 11.6 Å². The molecule has 1 aromatic heterocycles. The summed E-state index contributed by atoms with van der Waals surface area (Å²) in [5.41, 5.74) is 10.4. The number of aromatic nitrogens is 1. The maximum atomic E-state index is 15.5. The molecule has 2 aromatic carbocycles. The lowest BCUT2D eigenvalue weighted by molar-refractivity contribution is -0.160. The lowest BCUT2D eigenvalue weighted by Crippen LogP contribution is -2.55. The van der Waals surface area contributed by atoms with Crippen molar-refractivity contribution in [1.29, 1.82) is 0 Å². The second-order valence-electron chi connectivity index (χ2n) is 14.3. The molecule has 56 heavy (non-hydrogen) atoms. The van der Waals surface area contributed by atoms with Gasteiger partial charge in [0.1, 0.15) is 29.9 Å². The van der Waals surface area contributed by atoms with E-state index in [1.165, 1.54) is 11.1 Å². The van der Waals surface area contributed by atoms with Crippen LogP contribution in [0.15, 0.2) is 60.0 Å². The zero-order valence-electron chi connectivity index (χ0n) is 30.8. The van der Waals surface area contributed by atoms with E-state index in [9.17, 15) is 33.1 Å². The second-order valence-corrected chi connectivity index (χ2v) is 14.7. The Labute approximate surface area is 324 Å². The molecule has 0 unspecified atom stereocenters. The Kier molecular flexibility index (Phi) is 13.7. The number of ketones is 1. The highest BCUT2D eigenvalue weighted by Crippen LogP contribution is 2.39. The number of amides is 1. The van der Waals surface area contributed by atoms with Gasteiger partial charge in [0, 0.05) is 28.5 Å². The monoisotopic (exact) mass is 805 g/mol. The lowest BCUT2D eigenvalue weighted by Gasteiger charge is -2.40. The van der Waals surface area contributed by atoms with E-state index in [-0.39, 0.29) is 50.3 Å². The first kappa shape index (κ1) is 42.0. The van der Waals surface area contributed by atoms with Gasteiger partial charge in [-0.3, -0.25) is 19.5 Å². The molecule has 1 saturated heterocycles. The molecule has 0 spiro atoms. The van der Waals surface area contributed by atoms with Crippen molar-refractivity contribution < 1.29 is 55.6 Å². The first-order valence-electron chi connectivity index (χ1n) is 17.7. The number of ether oxygens (including phenoxy) is 5. The van der Waals surface area contributed by atoms with E-state index >= 15 is 4.39 Å². The molecule has 0 bridgehead atoms. The molecule has 13 nitrogen and oxygen atoms in total. The van der Waals surface area contributed by atoms with Crippen molar-refractivity contribution >= 4 is 29.4 Å². The van der Waals surface area contributed by atoms with Gasteiger partial charge >= 0.3 is 18.2 Å². The number of pyridine rings is 1. The standard InChI is InChI=1S/C38H40ClF4N5O8/c1-37(2,3)56-36(51)48-18-27(52-19-26(48)20-53-33(50)12-13-38(41,42)43)9-10-28-24(16-45-17-29(28)40)14-30(49)35(46-47-44)34(22-4-7-25(39)8-5-22)23-6-11-31-32(15-23)55-21-54-31/h4-8,11,15-17,26-27,34-35H,9-10,12-14,18-21H2,1-3H3/t26-,27+,34-,35+/m0/s1. The van der Waals surface area contributed by atoms with Gasteiger partial charge in [0.25, 0.3) is 0 Å². The average Bonchev–Trinajstić information content (AvgIpc) is 3.61. The number of morpholine rings is 1. The summed E-state index contributed by atoms with van der Waals surface area (Å²) in [5, 5.41) is 4.38. The Morgan fingerprint density at radius 2 is 1.79 bits per heavy atom. The van der Waals surface area contributed by atoms with Crippen LogP contribution in [0.5, 0.6) is 11.5 Å². The fourth-order valence-electron chi connectivity index (χ4n) is 6.36. The highest BCUT2D eigenvalue weighted by atomic mass is 35.5. The summed E-state index contributed by atoms with van der Waals surface area (Å²) in [6.45, 7) is 4.34. The van der Waals surface area contributed by atoms with Gasteiger partial charge < -0.3 is 23.7 Å². The van der Waals surface area contributed by atoms with E-state index in [1.54, 1.807) is 63.2 Å². The summed E-state index contributed by atoms with van der Waals surface area (Å²) in [5.74, 6) is -2.12. The summed E-state index contributed by atoms with van der Waals surface area (Å²) < 4.78 is 80.8. The molecule has 0 N–H and O–H groups in total. The highest BCUT2D eigenvalue weighted by molar-refractivity contribution is 6.30. The Hall–Kier alpha value is -5.12. The SMILES string of the molecule is CC(C)(C)OC(=O)N1C[C@@H](CCc2c(F)cncc2CC(=O)[C@@H](N=[N+]=[N-])[C@@H](c2ccc(Cl)cc2)c2ccc3c(c2)OCO3)OC[C@H]1COC(=O)CCC(F)(F)F. The van der Waals surface area contributed by atoms with E-state index in [0.717, 1.165) is 6.20 Å². The minimum Gasteiger partial charge on any atom is -0.463 e. The van der Waals surface area contributed by atoms with Crippen LogP contribution in [0.4, 0.5) is 22.4 Å². The van der Waals surface area contributed by atoms with Gasteiger partial charge in [-0.25, -0.2) is 9.18 Å². The van der Waals surface area contributed by atoms with Crippen LogP contribution < -0.4 is 9.47 Å². The number of carbonyl (C=O) groups excluding carboxylic acids is 3. The number of carbonyl (C=O) groups is 3. The molecule has 2 aliphatic rings. The van der Waals surface area contributed by atoms with Crippen LogP contribution in [0.3, 0.4) is 0 Å². The van der Waals surface area contributed by atoms with Crippen LogP contribution in [0.1, 0.15) is 68.2 Å². The number of benzene rings is 2. The molecule has 5 rings (SSSR count). The minimum atomic E-state index is -4.54. The Bertz CT molecular complexity index is 1940. The molecule has 1 fully saturated rings. The molecule has 18 heteroatoms. The van der Waals surface area contributed by atoms with Crippen LogP contribution in [0.25, 0.3) is 10.4 Å². The molecule has 300 valence electrons. The first-order chi connectivity index (χ1) is 26.5. The highest BCUT2D eigenvalue weighted by Gasteiger charge is 2.37. The number of fused-ring (bicyclic) bond motifs is 1. The summed E-state index contributed by atoms with van der Waals surface area (Å²) >= 11 is 6.16. The average molecular weight is 806 g/mol. The number of hydrogen-bond donors (Lipinski definition) is 0. The van der Waals surface area contributed by atoms with Gasteiger partial charge in [-0.2, -0.15) is 13.2 Å². The number of nitrogens with zero attached hydrogens (tertiary/aromatic N) is 5. The van der Waals surface area contributed by atoms with E-state index in [1.807, 2.05) is 0 Å². The third-order valence-corrected chi connectivity index (χ3v) is 9.28. The predicted octanol–water partition coefficient (Wildman–Crippen LogP) is 8.05. The van der Waals surface area contributed by atoms with Crippen molar-refractivity contribution in [3.8, 4) is 11.5 Å². The number of rotatable bonds is 14. The summed E-state index contributed by atoms with van der Waals surface area (Å²) in [6, 6.07) is 9.71. The number of Topliss-reactive ketones (excluding diaryl/α,β-unsaturated/α-hetero) is 1. The van der Waals surface area contributed by atoms with Crippen molar-refractivity contribution in [3.63, 3.8) is 0 Å². The zero-order chi connectivity index (χ0) is 40.6. The number of azide groups is 1. The molecular formula is C38H40ClF4N5O8. The van der Waals surface area contributed by atoms with Gasteiger partial charge in [0.2, 0.25) is 6.79 Å². The smallest absolute Gasteiger partial charge is 0.410 e. The predicted molar refractivity (Wildman–Crippen MR) is 193 cm³/mol. The number of hydrogen-bond acceptors (Lipinski definition) is 10. The van der Waals surface area contributed by atoms with Gasteiger partial charge in [-0.1, -0.05) is 34.9 Å². The fourth-order valence-corrected chi connectivity index (χ4v) is 6.48. The van der Waals surface area contributed by atoms with Crippen molar-refractivity contribution in [2.45, 2.75) is 88.8 Å². The van der Waals surface area contributed by atoms with Gasteiger partial charge in [-0.15, -0.1) is 0 Å². The van der Waals surface area contributed by atoms with E-state index in [2.05, 4.69) is 15.0 Å². The third-order valence-electron chi connectivity index (χ3n) is 9.02. The molecular weight excluding hydrogens is 766 g/mol. The van der Waals surface area contributed by atoms with Crippen molar-refractivity contribution in [2.75, 3.05) is 26.6 Å². The Balaban J connectivity index is 1.32. The lowest BCUT2D eigenvalue weighted by atomic mass is 9.82. The molecule has 4 atom stereocenters. The van der Waals surface area contributed by atoms with Gasteiger partial charge in [0.15, 0.2) is 11.5 Å². The summed E-state index contributed by atoms with van der Waals surface area (Å²) in [4.78, 5) is 47.6. The molecule has 0 saturated carbocycles. The van der Waals surface area contributed by atoms with Crippen LogP contribution in [0, 0.1) is 5.82 Å². The van der Waals surface area contributed by atoms with E-state index < -0.39 is 79.0 Å². The molecule has 1 amide bonds. The van der Waals surface area contributed by atoms with E-state index in [4.69, 9.17) is 35.3 Å². The number of halogens is 5. The number of esters is 1. The van der Waals surface area contributed by atoms with Crippen molar-refractivity contribution in [2.24, 2.45) is 5.11 Å². The molecule has 0 radical (unpaired) electrons. The first-order valence-corrected chi connectivity index (χ1v) is 18.1. The fraction of sp³-hybridized carbons (Fsp3) is 0.474. The van der Waals surface area contributed by atoms with E-state index in [0.29, 0.717) is 27.6 Å².